The monoisotopic (exact) mass is 312 g/mol. The van der Waals surface area contributed by atoms with Crippen LogP contribution in [-0.4, -0.2) is 8.42 Å². The minimum absolute atomic E-state index is 0.00367. The summed E-state index contributed by atoms with van der Waals surface area (Å²) in [4.78, 5) is -0.147. The third-order valence-electron chi connectivity index (χ3n) is 2.64. The summed E-state index contributed by atoms with van der Waals surface area (Å²) in [6, 6.07) is 11.5. The van der Waals surface area contributed by atoms with Crippen LogP contribution in [0.1, 0.15) is 5.56 Å². The summed E-state index contributed by atoms with van der Waals surface area (Å²) in [6.45, 7) is 0.245. The Hall–Kier alpha value is -1.76. The van der Waals surface area contributed by atoms with E-state index in [4.69, 9.17) is 27.2 Å². The Labute approximate surface area is 122 Å². The van der Waals surface area contributed by atoms with Gasteiger partial charge < -0.3 is 10.5 Å². The molecule has 0 heterocycles. The lowest BCUT2D eigenvalue weighted by atomic mass is 10.2. The SMILES string of the molecule is Nc1c(OCc2ccc(Cl)cc2)cccc1S(N)(=O)=O. The van der Waals surface area contributed by atoms with E-state index in [1.165, 1.54) is 12.1 Å². The summed E-state index contributed by atoms with van der Waals surface area (Å²) in [5, 5.41) is 5.70. The van der Waals surface area contributed by atoms with E-state index >= 15 is 0 Å². The Morgan fingerprint density at radius 3 is 2.35 bits per heavy atom. The molecule has 0 saturated heterocycles. The molecule has 0 aliphatic heterocycles. The second-order valence-corrected chi connectivity index (χ2v) is 6.09. The van der Waals surface area contributed by atoms with Gasteiger partial charge in [0.1, 0.15) is 17.3 Å². The van der Waals surface area contributed by atoms with Crippen molar-refractivity contribution in [2.75, 3.05) is 5.73 Å². The number of para-hydroxylation sites is 1. The van der Waals surface area contributed by atoms with Crippen molar-refractivity contribution < 1.29 is 13.2 Å². The fourth-order valence-corrected chi connectivity index (χ4v) is 2.44. The second kappa shape index (κ2) is 5.70. The van der Waals surface area contributed by atoms with E-state index < -0.39 is 10.0 Å². The highest BCUT2D eigenvalue weighted by molar-refractivity contribution is 7.89. The van der Waals surface area contributed by atoms with Crippen molar-refractivity contribution >= 4 is 27.3 Å². The summed E-state index contributed by atoms with van der Waals surface area (Å²) in [5.74, 6) is 0.270. The van der Waals surface area contributed by atoms with Crippen molar-refractivity contribution in [3.63, 3.8) is 0 Å². The smallest absolute Gasteiger partial charge is 0.240 e. The first-order valence-corrected chi connectivity index (χ1v) is 7.59. The van der Waals surface area contributed by atoms with Crippen LogP contribution in [0.4, 0.5) is 5.69 Å². The van der Waals surface area contributed by atoms with Crippen molar-refractivity contribution in [1.82, 2.24) is 0 Å². The van der Waals surface area contributed by atoms with Crippen LogP contribution >= 0.6 is 11.6 Å². The normalized spacial score (nSPS) is 11.3. The van der Waals surface area contributed by atoms with Crippen LogP contribution in [0.5, 0.6) is 5.75 Å². The van der Waals surface area contributed by atoms with E-state index in [1.807, 2.05) is 12.1 Å². The lowest BCUT2D eigenvalue weighted by Crippen LogP contribution is -2.14. The molecule has 0 aliphatic rings. The molecular formula is C13H13ClN2O3S. The molecule has 2 aromatic rings. The van der Waals surface area contributed by atoms with Gasteiger partial charge in [-0.3, -0.25) is 0 Å². The zero-order valence-corrected chi connectivity index (χ0v) is 12.0. The number of hydrogen-bond acceptors (Lipinski definition) is 4. The van der Waals surface area contributed by atoms with E-state index in [0.29, 0.717) is 5.02 Å². The molecular weight excluding hydrogens is 300 g/mol. The lowest BCUT2D eigenvalue weighted by Gasteiger charge is -2.11. The third kappa shape index (κ3) is 3.41. The van der Waals surface area contributed by atoms with Crippen LogP contribution < -0.4 is 15.6 Å². The van der Waals surface area contributed by atoms with Crippen LogP contribution in [0.2, 0.25) is 5.02 Å². The fraction of sp³-hybridized carbons (Fsp3) is 0.0769. The molecule has 0 unspecified atom stereocenters. The number of hydrogen-bond donors (Lipinski definition) is 2. The Balaban J connectivity index is 2.20. The second-order valence-electron chi connectivity index (χ2n) is 4.13. The Morgan fingerprint density at radius 2 is 1.75 bits per heavy atom. The number of nitrogen functional groups attached to an aromatic ring is 1. The minimum Gasteiger partial charge on any atom is -0.487 e. The van der Waals surface area contributed by atoms with Gasteiger partial charge in [-0.25, -0.2) is 13.6 Å². The molecule has 0 aliphatic carbocycles. The van der Waals surface area contributed by atoms with Gasteiger partial charge >= 0.3 is 0 Å². The van der Waals surface area contributed by atoms with Crippen LogP contribution in [0.3, 0.4) is 0 Å². The number of sulfonamides is 1. The molecule has 0 radical (unpaired) electrons. The maximum absolute atomic E-state index is 11.3. The zero-order chi connectivity index (χ0) is 14.8. The fourth-order valence-electron chi connectivity index (χ4n) is 1.64. The van der Waals surface area contributed by atoms with Crippen molar-refractivity contribution in [3.05, 3.63) is 53.1 Å². The highest BCUT2D eigenvalue weighted by Gasteiger charge is 2.15. The van der Waals surface area contributed by atoms with Gasteiger partial charge in [-0.1, -0.05) is 29.8 Å². The Kier molecular flexibility index (Phi) is 4.17. The first kappa shape index (κ1) is 14.6. The summed E-state index contributed by atoms with van der Waals surface area (Å²) >= 11 is 5.78. The molecule has 0 aromatic heterocycles. The Morgan fingerprint density at radius 1 is 1.10 bits per heavy atom. The molecule has 2 rings (SSSR count). The van der Waals surface area contributed by atoms with Gasteiger partial charge in [-0.15, -0.1) is 0 Å². The van der Waals surface area contributed by atoms with E-state index in [-0.39, 0.29) is 22.9 Å². The average Bonchev–Trinajstić information content (AvgIpc) is 2.38. The lowest BCUT2D eigenvalue weighted by molar-refractivity contribution is 0.307. The number of nitrogens with two attached hydrogens (primary N) is 2. The van der Waals surface area contributed by atoms with Gasteiger partial charge in [-0.05, 0) is 29.8 Å². The molecule has 0 spiro atoms. The van der Waals surface area contributed by atoms with E-state index in [0.717, 1.165) is 5.56 Å². The van der Waals surface area contributed by atoms with E-state index in [1.54, 1.807) is 18.2 Å². The van der Waals surface area contributed by atoms with Gasteiger partial charge in [0.25, 0.3) is 0 Å². The number of anilines is 1. The molecule has 0 atom stereocenters. The van der Waals surface area contributed by atoms with Crippen molar-refractivity contribution in [3.8, 4) is 5.75 Å². The van der Waals surface area contributed by atoms with Crippen molar-refractivity contribution in [2.45, 2.75) is 11.5 Å². The predicted octanol–water partition coefficient (Wildman–Crippen LogP) is 2.15. The maximum atomic E-state index is 11.3. The quantitative estimate of drug-likeness (QED) is 0.845. The number of halogens is 1. The largest absolute Gasteiger partial charge is 0.487 e. The van der Waals surface area contributed by atoms with Crippen LogP contribution in [0.15, 0.2) is 47.4 Å². The first-order chi connectivity index (χ1) is 9.38. The molecule has 7 heteroatoms. The number of rotatable bonds is 4. The van der Waals surface area contributed by atoms with Gasteiger partial charge in [0, 0.05) is 5.02 Å². The molecule has 2 aromatic carbocycles. The first-order valence-electron chi connectivity index (χ1n) is 5.66. The van der Waals surface area contributed by atoms with E-state index in [2.05, 4.69) is 0 Å². The summed E-state index contributed by atoms with van der Waals surface area (Å²) in [5.41, 5.74) is 6.64. The van der Waals surface area contributed by atoms with Crippen LogP contribution in [-0.2, 0) is 16.6 Å². The van der Waals surface area contributed by atoms with E-state index in [9.17, 15) is 8.42 Å². The van der Waals surface area contributed by atoms with Crippen molar-refractivity contribution in [1.29, 1.82) is 0 Å². The number of primary sulfonamides is 1. The highest BCUT2D eigenvalue weighted by atomic mass is 35.5. The number of benzene rings is 2. The van der Waals surface area contributed by atoms with Gasteiger partial charge in [0.05, 0.1) is 5.69 Å². The molecule has 0 saturated carbocycles. The third-order valence-corrected chi connectivity index (χ3v) is 3.86. The molecule has 20 heavy (non-hydrogen) atoms. The van der Waals surface area contributed by atoms with Crippen LogP contribution in [0, 0.1) is 0 Å². The summed E-state index contributed by atoms with van der Waals surface area (Å²) in [6.07, 6.45) is 0. The minimum atomic E-state index is -3.87. The number of ether oxygens (including phenoxy) is 1. The standard InChI is InChI=1S/C13H13ClN2O3S/c14-10-6-4-9(5-7-10)8-19-11-2-1-3-12(13(11)15)20(16,17)18/h1-7H,8,15H2,(H2,16,17,18). The molecule has 0 bridgehead atoms. The van der Waals surface area contributed by atoms with Gasteiger partial charge in [-0.2, -0.15) is 0 Å². The highest BCUT2D eigenvalue weighted by Crippen LogP contribution is 2.28. The molecule has 0 fully saturated rings. The van der Waals surface area contributed by atoms with Gasteiger partial charge in [0.2, 0.25) is 10.0 Å². The Bertz CT molecular complexity index is 715. The summed E-state index contributed by atoms with van der Waals surface area (Å²) in [7, 11) is -3.87. The average molecular weight is 313 g/mol. The topological polar surface area (TPSA) is 95.4 Å². The van der Waals surface area contributed by atoms with Crippen molar-refractivity contribution in [2.24, 2.45) is 5.14 Å². The molecule has 0 amide bonds. The maximum Gasteiger partial charge on any atom is 0.240 e. The zero-order valence-electron chi connectivity index (χ0n) is 10.4. The molecule has 106 valence electrons. The van der Waals surface area contributed by atoms with Gasteiger partial charge in [0.15, 0.2) is 0 Å². The van der Waals surface area contributed by atoms with Crippen LogP contribution in [0.25, 0.3) is 0 Å². The molecule has 5 nitrogen and oxygen atoms in total. The predicted molar refractivity (Wildman–Crippen MR) is 78.0 cm³/mol. The molecule has 4 N–H and O–H groups in total. The summed E-state index contributed by atoms with van der Waals surface area (Å²) < 4.78 is 28.2.